The van der Waals surface area contributed by atoms with Gasteiger partial charge in [-0.05, 0) is 61.0 Å². The lowest BCUT2D eigenvalue weighted by Crippen LogP contribution is -2.36. The fourth-order valence-corrected chi connectivity index (χ4v) is 7.52. The summed E-state index contributed by atoms with van der Waals surface area (Å²) in [5.74, 6) is -1.81. The van der Waals surface area contributed by atoms with E-state index in [1.54, 1.807) is 29.2 Å². The molecule has 3 aromatic rings. The van der Waals surface area contributed by atoms with Gasteiger partial charge < -0.3 is 52.4 Å². The van der Waals surface area contributed by atoms with Crippen LogP contribution in [0.25, 0.3) is 33.4 Å². The van der Waals surface area contributed by atoms with Crippen LogP contribution in [0.5, 0.6) is 17.2 Å². The number of fused-ring (bicyclic) bond motifs is 4. The van der Waals surface area contributed by atoms with Gasteiger partial charge in [-0.25, -0.2) is 4.79 Å². The number of hydrogen-bond donors (Lipinski definition) is 0. The number of aryl methyl sites for hydroxylation is 1. The molecule has 1 saturated heterocycles. The van der Waals surface area contributed by atoms with Crippen LogP contribution in [0.2, 0.25) is 0 Å². The number of imide groups is 1. The lowest BCUT2D eigenvalue weighted by Gasteiger charge is -2.28. The number of hydroxylamine groups is 2. The van der Waals surface area contributed by atoms with E-state index >= 15 is 0 Å². The fraction of sp³-hybridized carbons (Fsp3) is 0.348. The second-order valence-electron chi connectivity index (χ2n) is 15.1. The van der Waals surface area contributed by atoms with Crippen LogP contribution in [0.1, 0.15) is 18.4 Å². The maximum Gasteiger partial charge on any atom is 0.370 e. The first kappa shape index (κ1) is 45.1. The Morgan fingerprint density at radius 2 is 1.39 bits per heavy atom. The van der Waals surface area contributed by atoms with E-state index in [1.807, 2.05) is 73.3 Å². The molecule has 336 valence electrons. The minimum absolute atomic E-state index is 0.0148. The molecule has 0 spiro atoms. The second kappa shape index (κ2) is 20.1. The Kier molecular flexibility index (Phi) is 14.1. The lowest BCUT2D eigenvalue weighted by atomic mass is 9.92. The summed E-state index contributed by atoms with van der Waals surface area (Å²) in [6.45, 7) is 1.77. The molecule has 0 unspecified atom stereocenters. The smallest absolute Gasteiger partial charge is 0.370 e. The molecule has 0 atom stereocenters. The van der Waals surface area contributed by atoms with Gasteiger partial charge >= 0.3 is 17.9 Å². The molecule has 3 aliphatic heterocycles. The van der Waals surface area contributed by atoms with Crippen molar-refractivity contribution < 1.29 is 61.6 Å². The zero-order valence-corrected chi connectivity index (χ0v) is 36.9. The van der Waals surface area contributed by atoms with Crippen LogP contribution in [-0.2, 0) is 43.0 Å². The van der Waals surface area contributed by atoms with Gasteiger partial charge in [-0.15, -0.1) is 5.06 Å². The first-order valence-electron chi connectivity index (χ1n) is 20.5. The summed E-state index contributed by atoms with van der Waals surface area (Å²) in [6, 6.07) is 20.2. The molecule has 4 aliphatic rings. The van der Waals surface area contributed by atoms with Crippen LogP contribution in [-0.4, -0.2) is 122 Å². The Morgan fingerprint density at radius 1 is 0.734 bits per heavy atom. The van der Waals surface area contributed by atoms with Crippen molar-refractivity contribution in [1.82, 2.24) is 5.06 Å². The molecule has 3 aromatic carbocycles. The Bertz CT molecular complexity index is 2600. The number of carbonyl (C=O) groups excluding carboxylic acids is 5. The maximum atomic E-state index is 13.3. The SMILES string of the molecule is COC(=O)CN1CCOCCN(CC(=O)OC)c2cc(OCC(=O)ON3C(=O)CCC3=O)c(-c3c4ccc(=S)cc-4oc4cc(N(C)C)ccc34)cc2OCCOc2cc(C)ccc21. The maximum absolute atomic E-state index is 13.3. The molecular weight excluding hydrogens is 849 g/mol. The van der Waals surface area contributed by atoms with E-state index in [4.69, 9.17) is 49.9 Å². The van der Waals surface area contributed by atoms with Crippen LogP contribution in [0, 0.1) is 11.4 Å². The monoisotopic (exact) mass is 896 g/mol. The number of nitrogens with zero attached hydrogens (tertiary/aromatic N) is 4. The van der Waals surface area contributed by atoms with Crippen molar-refractivity contribution in [3.8, 4) is 39.7 Å². The van der Waals surface area contributed by atoms with Gasteiger partial charge in [0, 0.05) is 84.4 Å². The lowest BCUT2D eigenvalue weighted by molar-refractivity contribution is -0.198. The van der Waals surface area contributed by atoms with Crippen molar-refractivity contribution >= 4 is 70.0 Å². The molecule has 17 nitrogen and oxygen atoms in total. The summed E-state index contributed by atoms with van der Waals surface area (Å²) in [4.78, 5) is 74.1. The minimum atomic E-state index is -1.00. The molecule has 0 bridgehead atoms. The normalized spacial score (nSPS) is 14.7. The standard InChI is InChI=1S/C46H48N4O13S/c1-28-6-11-34-39(20-28)59-18-19-60-40-23-33(46-31-9-7-29(47(2)3)21-37(31)62-38-22-30(64)8-10-32(38)46)36(61-27-45(55)63-50-41(51)12-13-42(50)52)24-35(40)49(26-44(54)57-5)15-17-58-16-14-48(34)25-43(53)56-4/h6-11,20-24H,12-19,25-27H2,1-5H3. The van der Waals surface area contributed by atoms with Crippen LogP contribution < -0.4 is 28.9 Å². The molecule has 0 saturated carbocycles. The largest absolute Gasteiger partial charge is 0.488 e. The molecule has 18 heteroatoms. The Labute approximate surface area is 374 Å². The van der Waals surface area contributed by atoms with Crippen molar-refractivity contribution in [3.05, 3.63) is 76.8 Å². The molecule has 3 heterocycles. The number of carbonyl (C=O) groups is 5. The van der Waals surface area contributed by atoms with Crippen LogP contribution >= 0.6 is 12.2 Å². The van der Waals surface area contributed by atoms with Gasteiger partial charge in [-0.2, -0.15) is 0 Å². The molecule has 1 fully saturated rings. The van der Waals surface area contributed by atoms with Crippen LogP contribution in [0.3, 0.4) is 0 Å². The van der Waals surface area contributed by atoms with Gasteiger partial charge in [-0.3, -0.25) is 19.2 Å². The Morgan fingerprint density at radius 3 is 2.05 bits per heavy atom. The van der Waals surface area contributed by atoms with Gasteiger partial charge in [0.15, 0.2) is 6.61 Å². The third-order valence-electron chi connectivity index (χ3n) is 10.6. The van der Waals surface area contributed by atoms with E-state index < -0.39 is 36.3 Å². The summed E-state index contributed by atoms with van der Waals surface area (Å²) in [5, 5.41) is 1.13. The van der Waals surface area contributed by atoms with Gasteiger partial charge in [0.1, 0.15) is 54.9 Å². The molecule has 0 aromatic heterocycles. The third kappa shape index (κ3) is 10.3. The third-order valence-corrected chi connectivity index (χ3v) is 10.8. The van der Waals surface area contributed by atoms with E-state index in [1.165, 1.54) is 14.2 Å². The highest BCUT2D eigenvalue weighted by molar-refractivity contribution is 7.71. The number of ether oxygens (including phenoxy) is 6. The summed E-state index contributed by atoms with van der Waals surface area (Å²) >= 11 is 5.55. The molecule has 1 aliphatic carbocycles. The van der Waals surface area contributed by atoms with Gasteiger partial charge in [0.25, 0.3) is 11.8 Å². The average Bonchev–Trinajstić information content (AvgIpc) is 3.59. The average molecular weight is 897 g/mol. The zero-order chi connectivity index (χ0) is 45.5. The van der Waals surface area contributed by atoms with Crippen molar-refractivity contribution in [2.24, 2.45) is 0 Å². The van der Waals surface area contributed by atoms with Gasteiger partial charge in [-0.1, -0.05) is 18.3 Å². The molecule has 64 heavy (non-hydrogen) atoms. The number of methoxy groups -OCH3 is 2. The number of benzene rings is 4. The molecule has 0 N–H and O–H groups in total. The number of anilines is 3. The van der Waals surface area contributed by atoms with Crippen molar-refractivity contribution in [3.63, 3.8) is 0 Å². The van der Waals surface area contributed by atoms with Crippen molar-refractivity contribution in [1.29, 1.82) is 0 Å². The van der Waals surface area contributed by atoms with Crippen molar-refractivity contribution in [2.45, 2.75) is 19.8 Å². The first-order chi connectivity index (χ1) is 30.8. The molecule has 7 rings (SSSR count). The van der Waals surface area contributed by atoms with Gasteiger partial charge in [0.05, 0.1) is 38.8 Å². The molecule has 0 radical (unpaired) electrons. The Hall–Kier alpha value is -6.92. The number of hydrogen-bond acceptors (Lipinski definition) is 17. The summed E-state index contributed by atoms with van der Waals surface area (Å²) in [5.41, 5.74) is 5.12. The van der Waals surface area contributed by atoms with E-state index in [0.717, 1.165) is 11.3 Å². The van der Waals surface area contributed by atoms with E-state index in [9.17, 15) is 24.0 Å². The first-order valence-corrected chi connectivity index (χ1v) is 20.9. The fourth-order valence-electron chi connectivity index (χ4n) is 7.34. The van der Waals surface area contributed by atoms with Crippen LogP contribution in [0.15, 0.2) is 71.1 Å². The molecular formula is C46H48N4O13S. The highest BCUT2D eigenvalue weighted by Gasteiger charge is 2.33. The van der Waals surface area contributed by atoms with Crippen LogP contribution in [0.4, 0.5) is 17.1 Å². The summed E-state index contributed by atoms with van der Waals surface area (Å²) < 4.78 is 42.5. The van der Waals surface area contributed by atoms with E-state index in [0.29, 0.717) is 72.4 Å². The topological polar surface area (TPSA) is 176 Å². The number of esters is 2. The molecule has 2 amide bonds. The van der Waals surface area contributed by atoms with E-state index in [2.05, 4.69) is 0 Å². The number of rotatable bonds is 10. The Balaban J connectivity index is 1.37. The second-order valence-corrected chi connectivity index (χ2v) is 15.6. The number of amides is 2. The highest BCUT2D eigenvalue weighted by Crippen LogP contribution is 2.48. The quantitative estimate of drug-likeness (QED) is 0.0717. The van der Waals surface area contributed by atoms with Crippen molar-refractivity contribution in [2.75, 3.05) is 102 Å². The minimum Gasteiger partial charge on any atom is -0.488 e. The van der Waals surface area contributed by atoms with E-state index in [-0.39, 0.29) is 64.7 Å². The zero-order valence-electron chi connectivity index (χ0n) is 36.1. The summed E-state index contributed by atoms with van der Waals surface area (Å²) in [6.07, 6.45) is -0.156. The van der Waals surface area contributed by atoms with Gasteiger partial charge in [0.2, 0.25) is 0 Å². The summed E-state index contributed by atoms with van der Waals surface area (Å²) in [7, 11) is 6.44. The highest BCUT2D eigenvalue weighted by atomic mass is 32.1. The predicted octanol–water partition coefficient (Wildman–Crippen LogP) is 5.74. The predicted molar refractivity (Wildman–Crippen MR) is 238 cm³/mol.